The van der Waals surface area contributed by atoms with Gasteiger partial charge in [-0.05, 0) is 48.5 Å². The second-order valence-corrected chi connectivity index (χ2v) is 5.81. The molecule has 0 spiro atoms. The Balaban J connectivity index is 0.000000233. The van der Waals surface area contributed by atoms with Crippen molar-refractivity contribution in [1.29, 1.82) is 0 Å². The minimum Gasteiger partial charge on any atom is -0.508 e. The molecule has 0 saturated heterocycles. The van der Waals surface area contributed by atoms with Crippen LogP contribution in [0.4, 0.5) is 8.78 Å². The fraction of sp³-hybridized carbons (Fsp3) is 0.0870. The van der Waals surface area contributed by atoms with Crippen LogP contribution in [-0.2, 0) is 26.2 Å². The average Bonchev–Trinajstić information content (AvgIpc) is 3.19. The zero-order valence-electron chi connectivity index (χ0n) is 16.5. The van der Waals surface area contributed by atoms with E-state index in [4.69, 9.17) is 19.7 Å². The Kier molecular flexibility index (Phi) is 10.7. The molecular weight excluding hydrogens is 469 g/mol. The molecule has 4 nitrogen and oxygen atoms in total. The number of benzene rings is 3. The number of phenols is 2. The molecule has 0 unspecified atom stereocenters. The van der Waals surface area contributed by atoms with Crippen molar-refractivity contribution < 1.29 is 54.7 Å². The normalized spacial score (nSPS) is 9.33. The van der Waals surface area contributed by atoms with Gasteiger partial charge in [0, 0.05) is 26.2 Å². The molecule has 4 rings (SSSR count). The van der Waals surface area contributed by atoms with Crippen LogP contribution in [0.15, 0.2) is 78.9 Å². The molecule has 0 atom stereocenters. The van der Waals surface area contributed by atoms with E-state index < -0.39 is 0 Å². The summed E-state index contributed by atoms with van der Waals surface area (Å²) in [6.45, 7) is 0. The van der Waals surface area contributed by atoms with Gasteiger partial charge in [0.15, 0.2) is 0 Å². The summed E-state index contributed by atoms with van der Waals surface area (Å²) in [7, 11) is 3.29. The van der Waals surface area contributed by atoms with Crippen molar-refractivity contribution in [2.75, 3.05) is 14.2 Å². The number of rotatable bonds is 2. The van der Waals surface area contributed by atoms with E-state index >= 15 is 0 Å². The summed E-state index contributed by atoms with van der Waals surface area (Å²) in [5.41, 5.74) is 0. The van der Waals surface area contributed by atoms with Crippen LogP contribution in [0.2, 0.25) is 0 Å². The fourth-order valence-electron chi connectivity index (χ4n) is 2.34. The van der Waals surface area contributed by atoms with Crippen LogP contribution in [-0.4, -0.2) is 24.4 Å². The van der Waals surface area contributed by atoms with Gasteiger partial charge in [-0.25, -0.2) is 8.78 Å². The molecule has 0 aliphatic carbocycles. The standard InChI is InChI=1S/C11H11O2.2C6H5FO.Zr/c1-12-10-6-8-4-3-5-9(8)7-11(10)13-2;2*7-5-1-3-6(8)4-2-5;/h3-7H,1-2H3;2*1-4,8H;/q-1;;;. The molecule has 2 N–H and O–H groups in total. The van der Waals surface area contributed by atoms with Gasteiger partial charge in [0.25, 0.3) is 0 Å². The minimum absolute atomic E-state index is 0. The Morgan fingerprint density at radius 3 is 1.53 bits per heavy atom. The fourth-order valence-corrected chi connectivity index (χ4v) is 2.34. The maximum atomic E-state index is 12.0. The summed E-state index contributed by atoms with van der Waals surface area (Å²) in [4.78, 5) is 0. The summed E-state index contributed by atoms with van der Waals surface area (Å²) in [5.74, 6) is 1.07. The Labute approximate surface area is 192 Å². The van der Waals surface area contributed by atoms with E-state index in [-0.39, 0.29) is 49.3 Å². The molecule has 0 bridgehead atoms. The maximum absolute atomic E-state index is 12.0. The molecule has 4 aromatic carbocycles. The van der Waals surface area contributed by atoms with Gasteiger partial charge in [0.2, 0.25) is 0 Å². The predicted octanol–water partition coefficient (Wildman–Crippen LogP) is 5.64. The molecular formula is C23H21F2O4Zr-. The Morgan fingerprint density at radius 1 is 0.700 bits per heavy atom. The van der Waals surface area contributed by atoms with Gasteiger partial charge in [0.1, 0.15) is 34.6 Å². The van der Waals surface area contributed by atoms with Crippen molar-refractivity contribution in [3.8, 4) is 23.0 Å². The third-order valence-electron chi connectivity index (χ3n) is 3.79. The van der Waals surface area contributed by atoms with Gasteiger partial charge in [-0.3, -0.25) is 0 Å². The van der Waals surface area contributed by atoms with Gasteiger partial charge in [-0.1, -0.05) is 12.1 Å². The molecule has 0 aliphatic heterocycles. The average molecular weight is 491 g/mol. The first-order chi connectivity index (χ1) is 13.9. The molecule has 0 heterocycles. The maximum Gasteiger partial charge on any atom is 0.141 e. The third kappa shape index (κ3) is 7.92. The van der Waals surface area contributed by atoms with Crippen molar-refractivity contribution in [3.63, 3.8) is 0 Å². The van der Waals surface area contributed by atoms with Crippen LogP contribution in [0.5, 0.6) is 23.0 Å². The Morgan fingerprint density at radius 2 is 1.13 bits per heavy atom. The van der Waals surface area contributed by atoms with Gasteiger partial charge in [-0.15, -0.1) is 16.8 Å². The molecule has 0 fully saturated rings. The summed E-state index contributed by atoms with van der Waals surface area (Å²) in [5, 5.41) is 19.5. The smallest absolute Gasteiger partial charge is 0.141 e. The van der Waals surface area contributed by atoms with E-state index in [2.05, 4.69) is 12.1 Å². The van der Waals surface area contributed by atoms with E-state index in [1.54, 1.807) is 14.2 Å². The Bertz CT molecular complexity index is 892. The molecule has 0 amide bonds. The van der Waals surface area contributed by atoms with E-state index in [0.717, 1.165) is 11.5 Å². The Hall–Kier alpha value is -2.79. The molecule has 156 valence electrons. The van der Waals surface area contributed by atoms with Crippen molar-refractivity contribution in [1.82, 2.24) is 0 Å². The van der Waals surface area contributed by atoms with E-state index in [1.165, 1.54) is 59.3 Å². The topological polar surface area (TPSA) is 58.9 Å². The van der Waals surface area contributed by atoms with Crippen LogP contribution in [0.25, 0.3) is 10.8 Å². The quantitative estimate of drug-likeness (QED) is 0.357. The van der Waals surface area contributed by atoms with Crippen LogP contribution in [0.3, 0.4) is 0 Å². The SMILES string of the molecule is COc1cc2cc[cH-]c2cc1OC.Oc1ccc(F)cc1.Oc1ccc(F)cc1.[Zr]. The number of ether oxygens (including phenoxy) is 2. The van der Waals surface area contributed by atoms with Crippen LogP contribution in [0.1, 0.15) is 0 Å². The first-order valence-electron chi connectivity index (χ1n) is 8.59. The summed E-state index contributed by atoms with van der Waals surface area (Å²) in [6, 6.07) is 20.1. The molecule has 30 heavy (non-hydrogen) atoms. The van der Waals surface area contributed by atoms with E-state index in [0.29, 0.717) is 0 Å². The van der Waals surface area contributed by atoms with Gasteiger partial charge < -0.3 is 19.7 Å². The molecule has 4 aromatic rings. The van der Waals surface area contributed by atoms with Crippen molar-refractivity contribution in [2.24, 2.45) is 0 Å². The van der Waals surface area contributed by atoms with Gasteiger partial charge in [0.05, 0.1) is 14.2 Å². The predicted molar refractivity (Wildman–Crippen MR) is 109 cm³/mol. The zero-order chi connectivity index (χ0) is 21.2. The minimum atomic E-state index is -0.331. The van der Waals surface area contributed by atoms with E-state index in [1.807, 2.05) is 18.2 Å². The number of aromatic hydroxyl groups is 2. The molecule has 0 saturated carbocycles. The molecule has 0 aliphatic rings. The monoisotopic (exact) mass is 489 g/mol. The summed E-state index contributed by atoms with van der Waals surface area (Å²) in [6.07, 6.45) is 0. The largest absolute Gasteiger partial charge is 0.508 e. The first-order valence-corrected chi connectivity index (χ1v) is 8.59. The number of halogens is 2. The van der Waals surface area contributed by atoms with Crippen molar-refractivity contribution >= 4 is 10.8 Å². The van der Waals surface area contributed by atoms with Gasteiger partial charge in [-0.2, -0.15) is 12.1 Å². The van der Waals surface area contributed by atoms with Crippen molar-refractivity contribution in [2.45, 2.75) is 0 Å². The molecule has 0 aromatic heterocycles. The number of hydrogen-bond acceptors (Lipinski definition) is 4. The van der Waals surface area contributed by atoms with Crippen LogP contribution >= 0.6 is 0 Å². The second-order valence-electron chi connectivity index (χ2n) is 5.81. The molecule has 0 radical (unpaired) electrons. The first kappa shape index (κ1) is 25.2. The molecule has 7 heteroatoms. The second kappa shape index (κ2) is 12.7. The van der Waals surface area contributed by atoms with Gasteiger partial charge >= 0.3 is 0 Å². The van der Waals surface area contributed by atoms with Crippen LogP contribution < -0.4 is 9.47 Å². The summed E-state index contributed by atoms with van der Waals surface area (Å²) >= 11 is 0. The van der Waals surface area contributed by atoms with E-state index in [9.17, 15) is 8.78 Å². The number of phenolic OH excluding ortho intramolecular Hbond substituents is 2. The zero-order valence-corrected chi connectivity index (χ0v) is 18.9. The summed E-state index contributed by atoms with van der Waals surface area (Å²) < 4.78 is 34.3. The number of methoxy groups -OCH3 is 2. The van der Waals surface area contributed by atoms with Crippen LogP contribution in [0, 0.1) is 11.6 Å². The third-order valence-corrected chi connectivity index (χ3v) is 3.79. The number of hydrogen-bond donors (Lipinski definition) is 2. The van der Waals surface area contributed by atoms with Crippen molar-refractivity contribution in [3.05, 3.63) is 90.5 Å². The number of fused-ring (bicyclic) bond motifs is 1.